The highest BCUT2D eigenvalue weighted by Crippen LogP contribution is 2.15. The first-order valence-corrected chi connectivity index (χ1v) is 6.50. The fourth-order valence-electron chi connectivity index (χ4n) is 2.24. The molecule has 0 unspecified atom stereocenters. The number of ether oxygens (including phenoxy) is 1. The molecule has 0 aliphatic carbocycles. The molecule has 0 radical (unpaired) electrons. The van der Waals surface area contributed by atoms with Gasteiger partial charge < -0.3 is 9.84 Å². The lowest BCUT2D eigenvalue weighted by molar-refractivity contribution is 0.0592. The Morgan fingerprint density at radius 2 is 2.00 bits per heavy atom. The van der Waals surface area contributed by atoms with Crippen LogP contribution in [-0.4, -0.2) is 27.6 Å². The van der Waals surface area contributed by atoms with E-state index in [0.29, 0.717) is 17.8 Å². The zero-order valence-electron chi connectivity index (χ0n) is 11.5. The third kappa shape index (κ3) is 2.58. The van der Waals surface area contributed by atoms with Gasteiger partial charge in [-0.15, -0.1) is 0 Å². The van der Waals surface area contributed by atoms with Crippen molar-refractivity contribution >= 4 is 11.6 Å². The number of aromatic hydroxyl groups is 1. The minimum atomic E-state index is -0.394. The van der Waals surface area contributed by atoms with Crippen molar-refractivity contribution in [3.05, 3.63) is 65.6 Å². The van der Waals surface area contributed by atoms with Crippen LogP contribution in [0.5, 0.6) is 5.75 Å². The number of rotatable bonds is 3. The van der Waals surface area contributed by atoms with Crippen molar-refractivity contribution in [3.63, 3.8) is 0 Å². The van der Waals surface area contributed by atoms with Crippen LogP contribution in [0.15, 0.2) is 48.7 Å². The van der Waals surface area contributed by atoms with Crippen LogP contribution in [0.1, 0.15) is 21.7 Å². The molecule has 0 bridgehead atoms. The predicted molar refractivity (Wildman–Crippen MR) is 77.4 cm³/mol. The Labute approximate surface area is 121 Å². The van der Waals surface area contributed by atoms with Crippen molar-refractivity contribution in [2.24, 2.45) is 0 Å². The van der Waals surface area contributed by atoms with Gasteiger partial charge in [0.05, 0.1) is 12.8 Å². The van der Waals surface area contributed by atoms with Gasteiger partial charge in [-0.25, -0.2) is 9.78 Å². The van der Waals surface area contributed by atoms with E-state index in [1.165, 1.54) is 7.11 Å². The molecule has 106 valence electrons. The molecule has 0 aliphatic rings. The molecule has 3 aromatic rings. The van der Waals surface area contributed by atoms with Crippen LogP contribution >= 0.6 is 0 Å². The van der Waals surface area contributed by atoms with Gasteiger partial charge in [-0.1, -0.05) is 18.2 Å². The van der Waals surface area contributed by atoms with Crippen LogP contribution in [0.2, 0.25) is 0 Å². The molecule has 0 aliphatic heterocycles. The van der Waals surface area contributed by atoms with E-state index in [9.17, 15) is 9.90 Å². The standard InChI is InChI=1S/C16H14N2O3/c1-21-16(20)14-3-2-4-15-17-12(10-18(14)15)9-11-5-7-13(19)8-6-11/h2-8,10,19H,9H2,1H3. The average molecular weight is 282 g/mol. The number of fused-ring (bicyclic) bond motifs is 1. The number of hydrogen-bond donors (Lipinski definition) is 1. The molecular formula is C16H14N2O3. The average Bonchev–Trinajstić information content (AvgIpc) is 2.91. The first-order chi connectivity index (χ1) is 10.2. The Kier molecular flexibility index (Phi) is 3.31. The van der Waals surface area contributed by atoms with Gasteiger partial charge >= 0.3 is 5.97 Å². The number of methoxy groups -OCH3 is 1. The molecule has 3 rings (SSSR count). The Bertz CT molecular complexity index is 791. The van der Waals surface area contributed by atoms with E-state index >= 15 is 0 Å². The lowest BCUT2D eigenvalue weighted by Crippen LogP contribution is -2.06. The molecule has 1 N–H and O–H groups in total. The second-order valence-corrected chi connectivity index (χ2v) is 4.71. The second kappa shape index (κ2) is 5.28. The van der Waals surface area contributed by atoms with Crippen LogP contribution in [-0.2, 0) is 11.2 Å². The van der Waals surface area contributed by atoms with Gasteiger partial charge in [-0.2, -0.15) is 0 Å². The summed E-state index contributed by atoms with van der Waals surface area (Å²) < 4.78 is 6.49. The molecule has 0 atom stereocenters. The highest BCUT2D eigenvalue weighted by atomic mass is 16.5. The van der Waals surface area contributed by atoms with Crippen molar-refractivity contribution in [2.75, 3.05) is 7.11 Å². The molecule has 0 saturated carbocycles. The number of hydrogen-bond acceptors (Lipinski definition) is 4. The summed E-state index contributed by atoms with van der Waals surface area (Å²) in [5.41, 5.74) is 3.03. The number of carbonyl (C=O) groups is 1. The molecular weight excluding hydrogens is 268 g/mol. The van der Waals surface area contributed by atoms with Crippen molar-refractivity contribution in [3.8, 4) is 5.75 Å². The molecule has 0 spiro atoms. The number of phenolic OH excluding ortho intramolecular Hbond substituents is 1. The van der Waals surface area contributed by atoms with E-state index in [-0.39, 0.29) is 5.75 Å². The number of nitrogens with zero attached hydrogens (tertiary/aromatic N) is 2. The fourth-order valence-corrected chi connectivity index (χ4v) is 2.24. The number of imidazole rings is 1. The molecule has 0 saturated heterocycles. The number of aromatic nitrogens is 2. The van der Waals surface area contributed by atoms with Crippen LogP contribution in [0.4, 0.5) is 0 Å². The first kappa shape index (κ1) is 13.2. The topological polar surface area (TPSA) is 63.8 Å². The van der Waals surface area contributed by atoms with Crippen LogP contribution in [0, 0.1) is 0 Å². The highest BCUT2D eigenvalue weighted by Gasteiger charge is 2.12. The van der Waals surface area contributed by atoms with Crippen LogP contribution < -0.4 is 0 Å². The summed E-state index contributed by atoms with van der Waals surface area (Å²) in [7, 11) is 1.36. The zero-order valence-corrected chi connectivity index (χ0v) is 11.5. The number of phenols is 1. The van der Waals surface area contributed by atoms with Crippen molar-refractivity contribution in [1.82, 2.24) is 9.38 Å². The number of benzene rings is 1. The molecule has 0 fully saturated rings. The summed E-state index contributed by atoms with van der Waals surface area (Å²) in [6, 6.07) is 12.3. The highest BCUT2D eigenvalue weighted by molar-refractivity contribution is 5.88. The Morgan fingerprint density at radius 3 is 2.71 bits per heavy atom. The van der Waals surface area contributed by atoms with E-state index in [2.05, 4.69) is 4.98 Å². The van der Waals surface area contributed by atoms with E-state index in [0.717, 1.165) is 11.3 Å². The molecule has 21 heavy (non-hydrogen) atoms. The summed E-state index contributed by atoms with van der Waals surface area (Å²) in [5.74, 6) is -0.157. The van der Waals surface area contributed by atoms with E-state index < -0.39 is 5.97 Å². The van der Waals surface area contributed by atoms with Gasteiger partial charge in [0.2, 0.25) is 0 Å². The molecule has 2 heterocycles. The van der Waals surface area contributed by atoms with Gasteiger partial charge in [-0.05, 0) is 29.8 Å². The molecule has 2 aromatic heterocycles. The third-order valence-corrected chi connectivity index (χ3v) is 3.26. The maximum atomic E-state index is 11.7. The summed E-state index contributed by atoms with van der Waals surface area (Å²) in [5, 5.41) is 9.29. The monoisotopic (exact) mass is 282 g/mol. The minimum Gasteiger partial charge on any atom is -0.508 e. The quantitative estimate of drug-likeness (QED) is 0.749. The second-order valence-electron chi connectivity index (χ2n) is 4.71. The maximum absolute atomic E-state index is 11.7. The summed E-state index contributed by atoms with van der Waals surface area (Å²) in [6.45, 7) is 0. The van der Waals surface area contributed by atoms with Crippen LogP contribution in [0.25, 0.3) is 5.65 Å². The maximum Gasteiger partial charge on any atom is 0.355 e. The largest absolute Gasteiger partial charge is 0.508 e. The fraction of sp³-hybridized carbons (Fsp3) is 0.125. The molecule has 5 heteroatoms. The van der Waals surface area contributed by atoms with Gasteiger partial charge in [0.15, 0.2) is 0 Å². The summed E-state index contributed by atoms with van der Waals surface area (Å²) >= 11 is 0. The molecule has 5 nitrogen and oxygen atoms in total. The van der Waals surface area contributed by atoms with Crippen molar-refractivity contribution in [1.29, 1.82) is 0 Å². The summed E-state index contributed by atoms with van der Waals surface area (Å²) in [6.07, 6.45) is 2.46. The van der Waals surface area contributed by atoms with Gasteiger partial charge in [0.1, 0.15) is 17.1 Å². The van der Waals surface area contributed by atoms with E-state index in [4.69, 9.17) is 4.74 Å². The first-order valence-electron chi connectivity index (χ1n) is 6.50. The Hall–Kier alpha value is -2.82. The lowest BCUT2D eigenvalue weighted by Gasteiger charge is -2.01. The normalized spacial score (nSPS) is 10.7. The van der Waals surface area contributed by atoms with Crippen molar-refractivity contribution in [2.45, 2.75) is 6.42 Å². The number of carbonyl (C=O) groups excluding carboxylic acids is 1. The lowest BCUT2D eigenvalue weighted by atomic mass is 10.1. The minimum absolute atomic E-state index is 0.238. The SMILES string of the molecule is COC(=O)c1cccc2nc(Cc3ccc(O)cc3)cn12. The Balaban J connectivity index is 1.97. The number of esters is 1. The van der Waals surface area contributed by atoms with Crippen molar-refractivity contribution < 1.29 is 14.6 Å². The van der Waals surface area contributed by atoms with Gasteiger partial charge in [0, 0.05) is 12.6 Å². The van der Waals surface area contributed by atoms with Crippen LogP contribution in [0.3, 0.4) is 0 Å². The van der Waals surface area contributed by atoms with E-state index in [1.807, 2.05) is 24.4 Å². The van der Waals surface area contributed by atoms with E-state index in [1.54, 1.807) is 28.7 Å². The van der Waals surface area contributed by atoms with Gasteiger partial charge in [-0.3, -0.25) is 4.40 Å². The van der Waals surface area contributed by atoms with Gasteiger partial charge in [0.25, 0.3) is 0 Å². The molecule has 0 amide bonds. The molecule has 1 aromatic carbocycles. The summed E-state index contributed by atoms with van der Waals surface area (Å²) in [4.78, 5) is 16.2. The smallest absolute Gasteiger partial charge is 0.355 e. The zero-order chi connectivity index (χ0) is 14.8. The predicted octanol–water partition coefficient (Wildman–Crippen LogP) is 2.42. The third-order valence-electron chi connectivity index (χ3n) is 3.26. The Morgan fingerprint density at radius 1 is 1.24 bits per heavy atom. The number of pyridine rings is 1.